The molecular formula is C22H25FN4O2. The van der Waals surface area contributed by atoms with Crippen molar-refractivity contribution in [2.75, 3.05) is 41.7 Å². The summed E-state index contributed by atoms with van der Waals surface area (Å²) in [7, 11) is 0. The summed E-state index contributed by atoms with van der Waals surface area (Å²) >= 11 is 0. The van der Waals surface area contributed by atoms with E-state index in [4.69, 9.17) is 0 Å². The lowest BCUT2D eigenvalue weighted by Crippen LogP contribution is -2.50. The fraction of sp³-hybridized carbons (Fsp3) is 0.364. The van der Waals surface area contributed by atoms with Crippen molar-refractivity contribution >= 4 is 29.0 Å². The number of carbonyl (C=O) groups excluding carboxylic acids is 2. The number of amides is 3. The normalized spacial score (nSPS) is 16.5. The third-order valence-electron chi connectivity index (χ3n) is 5.45. The van der Waals surface area contributed by atoms with E-state index >= 15 is 0 Å². The predicted octanol–water partition coefficient (Wildman–Crippen LogP) is 3.84. The van der Waals surface area contributed by atoms with E-state index < -0.39 is 0 Å². The minimum absolute atomic E-state index is 0.0445. The Kier molecular flexibility index (Phi) is 5.38. The molecule has 4 rings (SSSR count). The molecule has 0 bridgehead atoms. The van der Waals surface area contributed by atoms with Gasteiger partial charge in [0.1, 0.15) is 5.82 Å². The van der Waals surface area contributed by atoms with Crippen LogP contribution in [0.2, 0.25) is 0 Å². The molecule has 0 unspecified atom stereocenters. The first kappa shape index (κ1) is 19.2. The molecule has 1 aliphatic carbocycles. The van der Waals surface area contributed by atoms with E-state index in [2.05, 4.69) is 15.5 Å². The minimum Gasteiger partial charge on any atom is -0.368 e. The van der Waals surface area contributed by atoms with Gasteiger partial charge in [-0.15, -0.1) is 0 Å². The smallest absolute Gasteiger partial charge is 0.321 e. The molecule has 0 spiro atoms. The van der Waals surface area contributed by atoms with Crippen LogP contribution >= 0.6 is 0 Å². The van der Waals surface area contributed by atoms with E-state index in [1.54, 1.807) is 17.0 Å². The summed E-state index contributed by atoms with van der Waals surface area (Å²) in [6, 6.07) is 11.8. The molecule has 6 nitrogen and oxygen atoms in total. The van der Waals surface area contributed by atoms with Gasteiger partial charge >= 0.3 is 6.03 Å². The number of benzene rings is 2. The highest BCUT2D eigenvalue weighted by Gasteiger charge is 2.29. The average Bonchev–Trinajstić information content (AvgIpc) is 3.57. The number of hydrogen-bond acceptors (Lipinski definition) is 3. The lowest BCUT2D eigenvalue weighted by molar-refractivity contribution is -0.117. The largest absolute Gasteiger partial charge is 0.368 e. The predicted molar refractivity (Wildman–Crippen MR) is 112 cm³/mol. The Morgan fingerprint density at radius 2 is 1.66 bits per heavy atom. The van der Waals surface area contributed by atoms with Crippen LogP contribution in [0.5, 0.6) is 0 Å². The van der Waals surface area contributed by atoms with Crippen LogP contribution in [0.25, 0.3) is 0 Å². The first-order chi connectivity index (χ1) is 14.0. The van der Waals surface area contributed by atoms with Gasteiger partial charge in [-0.25, -0.2) is 9.18 Å². The molecule has 152 valence electrons. The lowest BCUT2D eigenvalue weighted by Gasteiger charge is -2.36. The van der Waals surface area contributed by atoms with Crippen molar-refractivity contribution in [3.05, 3.63) is 53.8 Å². The van der Waals surface area contributed by atoms with Gasteiger partial charge in [0.15, 0.2) is 0 Å². The number of carbonyl (C=O) groups is 2. The first-order valence-electron chi connectivity index (χ1n) is 9.97. The average molecular weight is 396 g/mol. The summed E-state index contributed by atoms with van der Waals surface area (Å²) in [5, 5.41) is 5.88. The fourth-order valence-electron chi connectivity index (χ4n) is 3.44. The molecule has 2 aromatic rings. The second-order valence-electron chi connectivity index (χ2n) is 7.67. The van der Waals surface area contributed by atoms with Gasteiger partial charge in [0.05, 0.1) is 0 Å². The van der Waals surface area contributed by atoms with Gasteiger partial charge in [-0.2, -0.15) is 0 Å². The van der Waals surface area contributed by atoms with Crippen molar-refractivity contribution in [2.24, 2.45) is 5.92 Å². The third-order valence-corrected chi connectivity index (χ3v) is 5.45. The molecule has 1 saturated heterocycles. The maximum absolute atomic E-state index is 13.1. The Morgan fingerprint density at radius 3 is 2.31 bits per heavy atom. The lowest BCUT2D eigenvalue weighted by atomic mass is 10.1. The summed E-state index contributed by atoms with van der Waals surface area (Å²) in [5.41, 5.74) is 3.29. The van der Waals surface area contributed by atoms with Gasteiger partial charge in [-0.1, -0.05) is 6.07 Å². The van der Waals surface area contributed by atoms with Gasteiger partial charge in [0, 0.05) is 49.2 Å². The molecule has 1 aliphatic heterocycles. The molecule has 2 N–H and O–H groups in total. The summed E-state index contributed by atoms with van der Waals surface area (Å²) < 4.78 is 13.1. The molecule has 29 heavy (non-hydrogen) atoms. The molecule has 0 aromatic heterocycles. The monoisotopic (exact) mass is 396 g/mol. The number of rotatable bonds is 4. The van der Waals surface area contributed by atoms with E-state index in [1.165, 1.54) is 12.1 Å². The van der Waals surface area contributed by atoms with Gasteiger partial charge in [-0.3, -0.25) is 4.79 Å². The molecule has 2 aliphatic rings. The number of hydrogen-bond donors (Lipinski definition) is 2. The van der Waals surface area contributed by atoms with Crippen LogP contribution in [0.3, 0.4) is 0 Å². The number of urea groups is 1. The summed E-state index contributed by atoms with van der Waals surface area (Å²) in [5.74, 6) is -0.0764. The highest BCUT2D eigenvalue weighted by atomic mass is 19.1. The molecule has 2 fully saturated rings. The highest BCUT2D eigenvalue weighted by molar-refractivity contribution is 5.96. The summed E-state index contributed by atoms with van der Waals surface area (Å²) in [6.45, 7) is 4.47. The maximum Gasteiger partial charge on any atom is 0.321 e. The van der Waals surface area contributed by atoms with Crippen LogP contribution in [0, 0.1) is 18.7 Å². The SMILES string of the molecule is Cc1ccc(NC(=O)C2CC2)cc1NC(=O)N1CCN(c2ccc(F)cc2)CC1. The molecular weight excluding hydrogens is 371 g/mol. The second kappa shape index (κ2) is 8.11. The number of anilines is 3. The van der Waals surface area contributed by atoms with Crippen LogP contribution in [-0.4, -0.2) is 43.0 Å². The Balaban J connectivity index is 1.34. The number of aryl methyl sites for hydroxylation is 1. The molecule has 7 heteroatoms. The van der Waals surface area contributed by atoms with E-state index in [0.29, 0.717) is 37.6 Å². The zero-order valence-corrected chi connectivity index (χ0v) is 16.5. The van der Waals surface area contributed by atoms with Crippen LogP contribution in [0.1, 0.15) is 18.4 Å². The fourth-order valence-corrected chi connectivity index (χ4v) is 3.44. The zero-order valence-electron chi connectivity index (χ0n) is 16.5. The van der Waals surface area contributed by atoms with Crippen LogP contribution in [-0.2, 0) is 4.79 Å². The highest BCUT2D eigenvalue weighted by Crippen LogP contribution is 2.31. The standard InChI is InChI=1S/C22H25FN4O2/c1-15-2-7-18(24-21(28)16-3-4-16)14-20(15)25-22(29)27-12-10-26(11-13-27)19-8-5-17(23)6-9-19/h2,5-9,14,16H,3-4,10-13H2,1H3,(H,24,28)(H,25,29). The van der Waals surface area contributed by atoms with Crippen LogP contribution in [0.4, 0.5) is 26.2 Å². The minimum atomic E-state index is -0.252. The first-order valence-corrected chi connectivity index (χ1v) is 9.97. The van der Waals surface area contributed by atoms with Gasteiger partial charge in [-0.05, 0) is 61.7 Å². The molecule has 1 saturated carbocycles. The number of nitrogens with zero attached hydrogens (tertiary/aromatic N) is 2. The second-order valence-corrected chi connectivity index (χ2v) is 7.67. The van der Waals surface area contributed by atoms with E-state index in [9.17, 15) is 14.0 Å². The van der Waals surface area contributed by atoms with Gasteiger partial charge in [0.2, 0.25) is 5.91 Å². The Labute approximate surface area is 169 Å². The Bertz CT molecular complexity index is 904. The number of nitrogens with one attached hydrogen (secondary N) is 2. The molecule has 0 radical (unpaired) electrons. The summed E-state index contributed by atoms with van der Waals surface area (Å²) in [4.78, 5) is 28.6. The quantitative estimate of drug-likeness (QED) is 0.825. The Hall–Kier alpha value is -3.09. The zero-order chi connectivity index (χ0) is 20.4. The summed E-state index contributed by atoms with van der Waals surface area (Å²) in [6.07, 6.45) is 1.90. The van der Waals surface area contributed by atoms with Crippen LogP contribution < -0.4 is 15.5 Å². The maximum atomic E-state index is 13.1. The molecule has 1 heterocycles. The van der Waals surface area contributed by atoms with Crippen molar-refractivity contribution in [3.63, 3.8) is 0 Å². The van der Waals surface area contributed by atoms with E-state index in [0.717, 1.165) is 24.1 Å². The van der Waals surface area contributed by atoms with E-state index in [-0.39, 0.29) is 23.7 Å². The van der Waals surface area contributed by atoms with Crippen molar-refractivity contribution in [3.8, 4) is 0 Å². The molecule has 2 aromatic carbocycles. The molecule has 3 amide bonds. The molecule has 0 atom stereocenters. The van der Waals surface area contributed by atoms with E-state index in [1.807, 2.05) is 25.1 Å². The third kappa shape index (κ3) is 4.67. The number of halogens is 1. The number of piperazine rings is 1. The van der Waals surface area contributed by atoms with Gasteiger partial charge < -0.3 is 20.4 Å². The van der Waals surface area contributed by atoms with Crippen molar-refractivity contribution in [1.82, 2.24) is 4.90 Å². The topological polar surface area (TPSA) is 64.7 Å². The van der Waals surface area contributed by atoms with Gasteiger partial charge in [0.25, 0.3) is 0 Å². The Morgan fingerprint density at radius 1 is 0.966 bits per heavy atom. The van der Waals surface area contributed by atoms with Crippen molar-refractivity contribution in [2.45, 2.75) is 19.8 Å². The van der Waals surface area contributed by atoms with Crippen molar-refractivity contribution in [1.29, 1.82) is 0 Å². The van der Waals surface area contributed by atoms with Crippen molar-refractivity contribution < 1.29 is 14.0 Å². The van der Waals surface area contributed by atoms with Crippen LogP contribution in [0.15, 0.2) is 42.5 Å².